The van der Waals surface area contributed by atoms with Gasteiger partial charge >= 0.3 is 0 Å². The number of aromatic nitrogens is 4. The minimum atomic E-state index is -0.233. The molecule has 1 fully saturated rings. The van der Waals surface area contributed by atoms with Crippen LogP contribution in [0, 0.1) is 18.8 Å². The van der Waals surface area contributed by atoms with Crippen molar-refractivity contribution in [1.29, 1.82) is 0 Å². The van der Waals surface area contributed by atoms with Crippen molar-refractivity contribution >= 4 is 35.0 Å². The quantitative estimate of drug-likeness (QED) is 0.798. The maximum Gasteiger partial charge on any atom is 0.247 e. The van der Waals surface area contributed by atoms with E-state index < -0.39 is 0 Å². The van der Waals surface area contributed by atoms with Gasteiger partial charge in [-0.05, 0) is 37.7 Å². The topological polar surface area (TPSA) is 88.0 Å². The molecule has 4 rings (SSSR count). The number of halogens is 1. The molecule has 3 heterocycles. The average molecular weight is 404 g/mol. The highest BCUT2D eigenvalue weighted by atomic mass is 35.5. The maximum atomic E-state index is 12.4. The standard InChI is InChI=1S/C19H26ClN7O/c1-10(2)16-18(28)23-15-11(3)21-19(24-17(15)26(16)4)22-13-7-12(8-13)9-27-6-5-14(20)25-27/h5-6,10,12-13,16H,7-9H2,1-4H3,(H,23,28)(H,21,22,24)/t12-,13+,16-/m0/s1. The summed E-state index contributed by atoms with van der Waals surface area (Å²) < 4.78 is 1.90. The van der Waals surface area contributed by atoms with Crippen LogP contribution in [0.3, 0.4) is 0 Å². The molecule has 2 aromatic rings. The van der Waals surface area contributed by atoms with E-state index in [0.29, 0.717) is 28.7 Å². The second-order valence-corrected chi connectivity index (χ2v) is 8.55. The first kappa shape index (κ1) is 19.0. The van der Waals surface area contributed by atoms with Crippen LogP contribution in [0.1, 0.15) is 32.4 Å². The lowest BCUT2D eigenvalue weighted by Crippen LogP contribution is -2.50. The van der Waals surface area contributed by atoms with E-state index in [-0.39, 0.29) is 17.9 Å². The van der Waals surface area contributed by atoms with Gasteiger partial charge in [-0.2, -0.15) is 10.1 Å². The van der Waals surface area contributed by atoms with Gasteiger partial charge in [-0.25, -0.2) is 4.98 Å². The van der Waals surface area contributed by atoms with Gasteiger partial charge in [0.15, 0.2) is 11.0 Å². The number of anilines is 3. The Morgan fingerprint density at radius 3 is 2.75 bits per heavy atom. The van der Waals surface area contributed by atoms with E-state index in [1.807, 2.05) is 43.6 Å². The number of aryl methyl sites for hydroxylation is 1. The van der Waals surface area contributed by atoms with Crippen molar-refractivity contribution < 1.29 is 4.79 Å². The Bertz CT molecular complexity index is 890. The third-order valence-electron chi connectivity index (χ3n) is 5.59. The van der Waals surface area contributed by atoms with Crippen LogP contribution in [0.2, 0.25) is 5.15 Å². The van der Waals surface area contributed by atoms with Crippen molar-refractivity contribution in [2.75, 3.05) is 22.6 Å². The summed E-state index contributed by atoms with van der Waals surface area (Å²) in [6.07, 6.45) is 3.99. The molecule has 1 saturated carbocycles. The average Bonchev–Trinajstić information content (AvgIpc) is 2.99. The Morgan fingerprint density at radius 2 is 2.11 bits per heavy atom. The van der Waals surface area contributed by atoms with Gasteiger partial charge in [-0.3, -0.25) is 9.48 Å². The number of likely N-dealkylation sites (N-methyl/N-ethyl adjacent to an activating group) is 1. The summed E-state index contributed by atoms with van der Waals surface area (Å²) in [4.78, 5) is 23.7. The Kier molecular flexibility index (Phi) is 4.91. The van der Waals surface area contributed by atoms with Crippen LogP contribution < -0.4 is 15.5 Å². The Labute approximate surface area is 169 Å². The lowest BCUT2D eigenvalue weighted by molar-refractivity contribution is -0.118. The number of nitrogens with zero attached hydrogens (tertiary/aromatic N) is 5. The van der Waals surface area contributed by atoms with Crippen molar-refractivity contribution in [2.24, 2.45) is 11.8 Å². The van der Waals surface area contributed by atoms with Crippen molar-refractivity contribution in [3.8, 4) is 0 Å². The number of rotatable bonds is 5. The zero-order chi connectivity index (χ0) is 20.0. The fourth-order valence-electron chi connectivity index (χ4n) is 4.17. The number of hydrogen-bond acceptors (Lipinski definition) is 6. The number of amides is 1. The van der Waals surface area contributed by atoms with Crippen LogP contribution in [-0.2, 0) is 11.3 Å². The lowest BCUT2D eigenvalue weighted by atomic mass is 9.80. The highest BCUT2D eigenvalue weighted by molar-refractivity contribution is 6.29. The highest BCUT2D eigenvalue weighted by Crippen LogP contribution is 2.36. The van der Waals surface area contributed by atoms with Crippen LogP contribution in [0.15, 0.2) is 12.3 Å². The minimum Gasteiger partial charge on any atom is -0.351 e. The van der Waals surface area contributed by atoms with Crippen LogP contribution in [0.25, 0.3) is 0 Å². The van der Waals surface area contributed by atoms with Gasteiger partial charge in [0.2, 0.25) is 11.9 Å². The van der Waals surface area contributed by atoms with E-state index in [1.54, 1.807) is 6.07 Å². The molecule has 28 heavy (non-hydrogen) atoms. The number of carbonyl (C=O) groups excluding carboxylic acids is 1. The van der Waals surface area contributed by atoms with Crippen LogP contribution in [0.5, 0.6) is 0 Å². The summed E-state index contributed by atoms with van der Waals surface area (Å²) in [5, 5.41) is 11.2. The zero-order valence-electron chi connectivity index (χ0n) is 16.6. The van der Waals surface area contributed by atoms with Crippen molar-refractivity contribution in [3.63, 3.8) is 0 Å². The molecule has 0 unspecified atom stereocenters. The molecular weight excluding hydrogens is 378 g/mol. The number of fused-ring (bicyclic) bond motifs is 1. The van der Waals surface area contributed by atoms with Gasteiger partial charge in [0, 0.05) is 25.8 Å². The molecule has 0 radical (unpaired) electrons. The predicted octanol–water partition coefficient (Wildman–Crippen LogP) is 2.94. The zero-order valence-corrected chi connectivity index (χ0v) is 17.4. The number of carbonyl (C=O) groups is 1. The third-order valence-corrected chi connectivity index (χ3v) is 5.79. The second-order valence-electron chi connectivity index (χ2n) is 8.16. The molecule has 2 N–H and O–H groups in total. The first-order valence-electron chi connectivity index (χ1n) is 9.69. The molecule has 1 aliphatic heterocycles. The van der Waals surface area contributed by atoms with Gasteiger partial charge in [0.1, 0.15) is 11.7 Å². The van der Waals surface area contributed by atoms with Crippen molar-refractivity contribution in [3.05, 3.63) is 23.1 Å². The normalized spacial score (nSPS) is 24.0. The third kappa shape index (κ3) is 3.53. The molecule has 0 bridgehead atoms. The minimum absolute atomic E-state index is 0.00188. The molecule has 1 atom stereocenters. The van der Waals surface area contributed by atoms with E-state index >= 15 is 0 Å². The highest BCUT2D eigenvalue weighted by Gasteiger charge is 2.36. The number of hydrogen-bond donors (Lipinski definition) is 2. The van der Waals surface area contributed by atoms with Crippen LogP contribution in [-0.4, -0.2) is 44.8 Å². The fraction of sp³-hybridized carbons (Fsp3) is 0.579. The molecule has 1 amide bonds. The molecule has 2 aliphatic rings. The summed E-state index contributed by atoms with van der Waals surface area (Å²) in [5.41, 5.74) is 1.48. The largest absolute Gasteiger partial charge is 0.351 e. The Balaban J connectivity index is 1.43. The molecule has 0 spiro atoms. The van der Waals surface area contributed by atoms with Gasteiger partial charge in [-0.15, -0.1) is 0 Å². The van der Waals surface area contributed by atoms with Crippen molar-refractivity contribution in [1.82, 2.24) is 19.7 Å². The maximum absolute atomic E-state index is 12.4. The smallest absolute Gasteiger partial charge is 0.247 e. The van der Waals surface area contributed by atoms with Gasteiger partial charge in [0.25, 0.3) is 0 Å². The summed E-state index contributed by atoms with van der Waals surface area (Å²) in [6.45, 7) is 6.86. The lowest BCUT2D eigenvalue weighted by Gasteiger charge is -2.38. The van der Waals surface area contributed by atoms with E-state index in [4.69, 9.17) is 16.6 Å². The monoisotopic (exact) mass is 403 g/mol. The molecule has 1 aliphatic carbocycles. The second kappa shape index (κ2) is 7.24. The molecular formula is C19H26ClN7O. The molecule has 9 heteroatoms. The summed E-state index contributed by atoms with van der Waals surface area (Å²) >= 11 is 5.87. The van der Waals surface area contributed by atoms with E-state index in [0.717, 1.165) is 30.9 Å². The Hall–Kier alpha value is -2.35. The van der Waals surface area contributed by atoms with E-state index in [2.05, 4.69) is 20.7 Å². The van der Waals surface area contributed by atoms with E-state index in [1.165, 1.54) is 0 Å². The van der Waals surface area contributed by atoms with Gasteiger partial charge in [0.05, 0.1) is 5.69 Å². The predicted molar refractivity (Wildman–Crippen MR) is 110 cm³/mol. The molecule has 0 aromatic carbocycles. The first-order valence-corrected chi connectivity index (χ1v) is 10.1. The summed E-state index contributed by atoms with van der Waals surface area (Å²) in [7, 11) is 1.92. The fourth-order valence-corrected chi connectivity index (χ4v) is 4.32. The molecule has 2 aromatic heterocycles. The number of nitrogens with one attached hydrogen (secondary N) is 2. The molecule has 150 valence electrons. The van der Waals surface area contributed by atoms with Crippen LogP contribution >= 0.6 is 11.6 Å². The summed E-state index contributed by atoms with van der Waals surface area (Å²) in [6, 6.07) is 1.92. The molecule has 0 saturated heterocycles. The van der Waals surface area contributed by atoms with Gasteiger partial charge in [-0.1, -0.05) is 25.4 Å². The van der Waals surface area contributed by atoms with Crippen molar-refractivity contribution in [2.45, 2.75) is 52.2 Å². The molecule has 8 nitrogen and oxygen atoms in total. The first-order chi connectivity index (χ1) is 13.3. The van der Waals surface area contributed by atoms with Crippen LogP contribution in [0.4, 0.5) is 17.5 Å². The Morgan fingerprint density at radius 1 is 1.36 bits per heavy atom. The summed E-state index contributed by atoms with van der Waals surface area (Å²) in [5.74, 6) is 2.15. The SMILES string of the molecule is Cc1nc(N[C@H]2C[C@@H](Cn3ccc(Cl)n3)C2)nc2c1NC(=O)[C@H](C(C)C)N2C. The van der Waals surface area contributed by atoms with Gasteiger partial charge < -0.3 is 15.5 Å². The van der Waals surface area contributed by atoms with E-state index in [9.17, 15) is 4.79 Å².